The summed E-state index contributed by atoms with van der Waals surface area (Å²) >= 11 is 0. The van der Waals surface area contributed by atoms with Crippen LogP contribution >= 0.6 is 0 Å². The number of rotatable bonds is 5. The van der Waals surface area contributed by atoms with Gasteiger partial charge in [-0.1, -0.05) is 35.4 Å². The number of amides is 1. The minimum absolute atomic E-state index is 0.0585. The molecule has 0 radical (unpaired) electrons. The zero-order valence-electron chi connectivity index (χ0n) is 16.5. The molecule has 0 bridgehead atoms. The number of carbonyl (C=O) groups is 2. The molecule has 6 nitrogen and oxygen atoms in total. The van der Waals surface area contributed by atoms with Crippen LogP contribution in [0.3, 0.4) is 0 Å². The number of ether oxygens (including phenoxy) is 1. The quantitative estimate of drug-likeness (QED) is 0.861. The largest absolute Gasteiger partial charge is 0.497 e. The van der Waals surface area contributed by atoms with E-state index in [1.807, 2.05) is 36.9 Å². The van der Waals surface area contributed by atoms with Crippen molar-refractivity contribution < 1.29 is 19.4 Å². The average molecular weight is 382 g/mol. The Hall–Kier alpha value is -2.86. The van der Waals surface area contributed by atoms with Crippen LogP contribution in [0.4, 0.5) is 0 Å². The van der Waals surface area contributed by atoms with E-state index in [2.05, 4.69) is 0 Å². The minimum Gasteiger partial charge on any atom is -0.497 e. The van der Waals surface area contributed by atoms with Gasteiger partial charge < -0.3 is 14.7 Å². The van der Waals surface area contributed by atoms with E-state index in [0.717, 1.165) is 16.7 Å². The number of carboxylic acids is 1. The van der Waals surface area contributed by atoms with Crippen LogP contribution < -0.4 is 4.74 Å². The number of carboxylic acid groups (broad SMARTS) is 1. The number of carbonyl (C=O) groups excluding carboxylic acids is 1. The molecule has 0 unspecified atom stereocenters. The Balaban J connectivity index is 1.72. The summed E-state index contributed by atoms with van der Waals surface area (Å²) in [6.45, 7) is 5.95. The highest BCUT2D eigenvalue weighted by Gasteiger charge is 2.32. The summed E-state index contributed by atoms with van der Waals surface area (Å²) in [6, 6.07) is 12.3. The van der Waals surface area contributed by atoms with Crippen LogP contribution in [0.1, 0.15) is 33.1 Å². The van der Waals surface area contributed by atoms with Gasteiger partial charge in [-0.2, -0.15) is 0 Å². The van der Waals surface area contributed by atoms with Crippen LogP contribution in [0.25, 0.3) is 0 Å². The Morgan fingerprint density at radius 3 is 2.21 bits per heavy atom. The summed E-state index contributed by atoms with van der Waals surface area (Å²) in [5.41, 5.74) is 3.47. The molecule has 0 aliphatic carbocycles. The molecule has 0 saturated carbocycles. The fourth-order valence-electron chi connectivity index (χ4n) is 3.80. The number of hydrogen-bond donors (Lipinski definition) is 1. The lowest BCUT2D eigenvalue weighted by Gasteiger charge is -2.38. The van der Waals surface area contributed by atoms with Gasteiger partial charge in [0.25, 0.3) is 5.91 Å². The molecule has 1 aliphatic heterocycles. The SMILES string of the molecule is COc1cccc(C(=O)N2CCN([C@@H](C(=O)O)c3cc(C)cc(C)c3)CC2)c1. The lowest BCUT2D eigenvalue weighted by Crippen LogP contribution is -2.51. The second-order valence-electron chi connectivity index (χ2n) is 7.22. The van der Waals surface area contributed by atoms with Gasteiger partial charge in [0, 0.05) is 31.7 Å². The molecule has 1 aliphatic rings. The monoisotopic (exact) mass is 382 g/mol. The van der Waals surface area contributed by atoms with Crippen molar-refractivity contribution in [2.75, 3.05) is 33.3 Å². The van der Waals surface area contributed by atoms with Gasteiger partial charge in [-0.25, -0.2) is 0 Å². The molecule has 6 heteroatoms. The lowest BCUT2D eigenvalue weighted by atomic mass is 9.99. The Kier molecular flexibility index (Phi) is 5.99. The van der Waals surface area contributed by atoms with E-state index >= 15 is 0 Å². The molecule has 28 heavy (non-hydrogen) atoms. The van der Waals surface area contributed by atoms with Crippen LogP contribution in [-0.2, 0) is 4.79 Å². The molecule has 1 fully saturated rings. The minimum atomic E-state index is -0.863. The Bertz CT molecular complexity index is 852. The van der Waals surface area contributed by atoms with Gasteiger partial charge in [-0.05, 0) is 37.6 Å². The average Bonchev–Trinajstić information content (AvgIpc) is 2.67. The van der Waals surface area contributed by atoms with E-state index in [1.165, 1.54) is 0 Å². The molecule has 1 N–H and O–H groups in total. The van der Waals surface area contributed by atoms with Gasteiger partial charge in [0.2, 0.25) is 0 Å². The standard InChI is InChI=1S/C22H26N2O4/c1-15-11-16(2)13-18(12-15)20(22(26)27)23-7-9-24(10-8-23)21(25)17-5-4-6-19(14-17)28-3/h4-6,11-14,20H,7-10H2,1-3H3,(H,26,27)/t20-/m1/s1. The molecule has 0 spiro atoms. The van der Waals surface area contributed by atoms with E-state index in [9.17, 15) is 14.7 Å². The second-order valence-corrected chi connectivity index (χ2v) is 7.22. The van der Waals surface area contributed by atoms with Crippen molar-refractivity contribution in [1.82, 2.24) is 9.80 Å². The van der Waals surface area contributed by atoms with E-state index in [1.54, 1.807) is 36.3 Å². The van der Waals surface area contributed by atoms with Crippen LogP contribution in [0, 0.1) is 13.8 Å². The third-order valence-corrected chi connectivity index (χ3v) is 5.08. The molecule has 0 aromatic heterocycles. The van der Waals surface area contributed by atoms with E-state index in [4.69, 9.17) is 4.74 Å². The summed E-state index contributed by atoms with van der Waals surface area (Å²) in [6.07, 6.45) is 0. The van der Waals surface area contributed by atoms with Crippen molar-refractivity contribution in [1.29, 1.82) is 0 Å². The first-order chi connectivity index (χ1) is 13.4. The van der Waals surface area contributed by atoms with Crippen LogP contribution in [0.5, 0.6) is 5.75 Å². The van der Waals surface area contributed by atoms with Crippen molar-refractivity contribution in [2.24, 2.45) is 0 Å². The zero-order valence-corrected chi connectivity index (χ0v) is 16.5. The van der Waals surface area contributed by atoms with Crippen molar-refractivity contribution in [2.45, 2.75) is 19.9 Å². The summed E-state index contributed by atoms with van der Waals surface area (Å²) in [7, 11) is 1.57. The van der Waals surface area contributed by atoms with Gasteiger partial charge in [0.15, 0.2) is 0 Å². The van der Waals surface area contributed by atoms with Crippen LogP contribution in [-0.4, -0.2) is 60.1 Å². The van der Waals surface area contributed by atoms with Gasteiger partial charge in [0.1, 0.15) is 11.8 Å². The van der Waals surface area contributed by atoms with E-state index in [-0.39, 0.29) is 5.91 Å². The summed E-state index contributed by atoms with van der Waals surface area (Å²) < 4.78 is 5.19. The third kappa shape index (κ3) is 4.34. The molecule has 1 atom stereocenters. The summed E-state index contributed by atoms with van der Waals surface area (Å²) in [5, 5.41) is 9.84. The van der Waals surface area contributed by atoms with Crippen LogP contribution in [0.15, 0.2) is 42.5 Å². The molecular formula is C22H26N2O4. The number of hydrogen-bond acceptors (Lipinski definition) is 4. The first-order valence-corrected chi connectivity index (χ1v) is 9.37. The molecule has 3 rings (SSSR count). The van der Waals surface area contributed by atoms with Crippen LogP contribution in [0.2, 0.25) is 0 Å². The maximum absolute atomic E-state index is 12.8. The first-order valence-electron chi connectivity index (χ1n) is 9.37. The molecule has 1 amide bonds. The molecule has 1 heterocycles. The first kappa shape index (κ1) is 19.9. The van der Waals surface area contributed by atoms with E-state index in [0.29, 0.717) is 37.5 Å². The number of methoxy groups -OCH3 is 1. The van der Waals surface area contributed by atoms with Crippen molar-refractivity contribution in [3.63, 3.8) is 0 Å². The van der Waals surface area contributed by atoms with Crippen molar-refractivity contribution in [3.05, 3.63) is 64.7 Å². The van der Waals surface area contributed by atoms with Crippen molar-refractivity contribution in [3.8, 4) is 5.75 Å². The highest BCUT2D eigenvalue weighted by Crippen LogP contribution is 2.25. The van der Waals surface area contributed by atoms with Gasteiger partial charge >= 0.3 is 5.97 Å². The maximum Gasteiger partial charge on any atom is 0.325 e. The number of benzene rings is 2. The molecule has 2 aromatic carbocycles. The smallest absolute Gasteiger partial charge is 0.325 e. The normalized spacial score (nSPS) is 15.9. The molecule has 1 saturated heterocycles. The Morgan fingerprint density at radius 2 is 1.64 bits per heavy atom. The Morgan fingerprint density at radius 1 is 1.00 bits per heavy atom. The zero-order chi connectivity index (χ0) is 20.3. The number of aryl methyl sites for hydroxylation is 2. The number of aliphatic carboxylic acids is 1. The third-order valence-electron chi connectivity index (χ3n) is 5.08. The highest BCUT2D eigenvalue weighted by atomic mass is 16.5. The highest BCUT2D eigenvalue weighted by molar-refractivity contribution is 5.94. The fraction of sp³-hybridized carbons (Fsp3) is 0.364. The number of piperazine rings is 1. The summed E-state index contributed by atoms with van der Waals surface area (Å²) in [5.74, 6) is -0.278. The molecular weight excluding hydrogens is 356 g/mol. The Labute approximate surface area is 165 Å². The topological polar surface area (TPSA) is 70.1 Å². The predicted octanol–water partition coefficient (Wildman–Crippen LogP) is 2.90. The fourth-order valence-corrected chi connectivity index (χ4v) is 3.80. The van der Waals surface area contributed by atoms with Gasteiger partial charge in [-0.15, -0.1) is 0 Å². The van der Waals surface area contributed by atoms with Gasteiger partial charge in [0.05, 0.1) is 7.11 Å². The summed E-state index contributed by atoms with van der Waals surface area (Å²) in [4.78, 5) is 28.5. The second kappa shape index (κ2) is 8.44. The lowest BCUT2D eigenvalue weighted by molar-refractivity contribution is -0.144. The molecule has 2 aromatic rings. The molecule has 148 valence electrons. The van der Waals surface area contributed by atoms with E-state index < -0.39 is 12.0 Å². The maximum atomic E-state index is 12.8. The van der Waals surface area contributed by atoms with Crippen molar-refractivity contribution >= 4 is 11.9 Å². The number of nitrogens with zero attached hydrogens (tertiary/aromatic N) is 2. The predicted molar refractivity (Wildman–Crippen MR) is 107 cm³/mol. The van der Waals surface area contributed by atoms with Gasteiger partial charge in [-0.3, -0.25) is 14.5 Å².